The number of amides is 1. The minimum Gasteiger partial charge on any atom is -0.375 e. The Morgan fingerprint density at radius 2 is 2.19 bits per heavy atom. The van der Waals surface area contributed by atoms with Crippen LogP contribution in [-0.4, -0.2) is 31.4 Å². The summed E-state index contributed by atoms with van der Waals surface area (Å²) >= 11 is 1.60. The molecule has 0 saturated carbocycles. The van der Waals surface area contributed by atoms with Crippen LogP contribution in [0.2, 0.25) is 0 Å². The molecular formula is C17H23NO2S. The van der Waals surface area contributed by atoms with Crippen molar-refractivity contribution < 1.29 is 9.53 Å². The number of ether oxygens (including phenoxy) is 1. The zero-order chi connectivity index (χ0) is 15.1. The number of nitrogens with one attached hydrogen (secondary N) is 1. The van der Waals surface area contributed by atoms with E-state index in [2.05, 4.69) is 30.1 Å². The maximum Gasteiger partial charge on any atom is 0.230 e. The van der Waals surface area contributed by atoms with Gasteiger partial charge in [0.25, 0.3) is 0 Å². The first-order valence-corrected chi connectivity index (χ1v) is 8.37. The average molecular weight is 305 g/mol. The molecule has 3 nitrogen and oxygen atoms in total. The van der Waals surface area contributed by atoms with Gasteiger partial charge in [0.2, 0.25) is 5.91 Å². The minimum atomic E-state index is 0.0550. The van der Waals surface area contributed by atoms with E-state index in [4.69, 9.17) is 4.74 Å². The Morgan fingerprint density at radius 3 is 3.00 bits per heavy atom. The molecule has 4 heteroatoms. The quantitative estimate of drug-likeness (QED) is 0.456. The second-order valence-electron chi connectivity index (χ2n) is 5.43. The van der Waals surface area contributed by atoms with Gasteiger partial charge in [-0.25, -0.2) is 0 Å². The molecule has 2 rings (SSSR count). The molecule has 0 aromatic heterocycles. The van der Waals surface area contributed by atoms with Crippen molar-refractivity contribution in [3.8, 4) is 0 Å². The maximum absolute atomic E-state index is 11.7. The summed E-state index contributed by atoms with van der Waals surface area (Å²) in [6.07, 6.45) is 3.63. The van der Waals surface area contributed by atoms with Crippen LogP contribution >= 0.6 is 11.8 Å². The van der Waals surface area contributed by atoms with Gasteiger partial charge in [0.1, 0.15) is 0 Å². The van der Waals surface area contributed by atoms with E-state index >= 15 is 0 Å². The SMILES string of the molecule is C=C(C)COCCNC(=O)CSc1ccc2c(c1)CCC2. The number of rotatable bonds is 8. The van der Waals surface area contributed by atoms with E-state index in [9.17, 15) is 4.79 Å². The molecule has 1 N–H and O–H groups in total. The van der Waals surface area contributed by atoms with E-state index in [-0.39, 0.29) is 5.91 Å². The standard InChI is InChI=1S/C17H23NO2S/c1-13(2)11-20-9-8-18-17(19)12-21-16-7-6-14-4-3-5-15(14)10-16/h6-7,10H,1,3-5,8-9,11-12H2,2H3,(H,18,19). The first-order valence-electron chi connectivity index (χ1n) is 7.38. The Labute approximate surface area is 131 Å². The predicted molar refractivity (Wildman–Crippen MR) is 87.8 cm³/mol. The van der Waals surface area contributed by atoms with Crippen LogP contribution in [0.5, 0.6) is 0 Å². The topological polar surface area (TPSA) is 38.3 Å². The molecule has 0 aliphatic heterocycles. The minimum absolute atomic E-state index is 0.0550. The van der Waals surface area contributed by atoms with Crippen molar-refractivity contribution in [2.24, 2.45) is 0 Å². The lowest BCUT2D eigenvalue weighted by Gasteiger charge is -2.07. The summed E-state index contributed by atoms with van der Waals surface area (Å²) in [6, 6.07) is 6.56. The van der Waals surface area contributed by atoms with E-state index < -0.39 is 0 Å². The Morgan fingerprint density at radius 1 is 1.38 bits per heavy atom. The van der Waals surface area contributed by atoms with E-state index in [0.717, 1.165) is 5.57 Å². The highest BCUT2D eigenvalue weighted by atomic mass is 32.2. The van der Waals surface area contributed by atoms with Crippen LogP contribution in [0.4, 0.5) is 0 Å². The number of fused-ring (bicyclic) bond motifs is 1. The van der Waals surface area contributed by atoms with E-state index in [1.54, 1.807) is 11.8 Å². The highest BCUT2D eigenvalue weighted by Gasteiger charge is 2.11. The number of aryl methyl sites for hydroxylation is 2. The molecule has 0 saturated heterocycles. The van der Waals surface area contributed by atoms with Gasteiger partial charge in [-0.05, 0) is 49.4 Å². The Hall–Kier alpha value is -1.26. The van der Waals surface area contributed by atoms with Gasteiger partial charge in [-0.3, -0.25) is 4.79 Å². The monoisotopic (exact) mass is 305 g/mol. The summed E-state index contributed by atoms with van der Waals surface area (Å²) in [4.78, 5) is 12.9. The molecule has 1 amide bonds. The largest absolute Gasteiger partial charge is 0.375 e. The second-order valence-corrected chi connectivity index (χ2v) is 6.48. The maximum atomic E-state index is 11.7. The Kier molecular flexibility index (Phi) is 6.33. The van der Waals surface area contributed by atoms with Gasteiger partial charge in [0.15, 0.2) is 0 Å². The van der Waals surface area contributed by atoms with Crippen molar-refractivity contribution >= 4 is 17.7 Å². The molecule has 0 atom stereocenters. The van der Waals surface area contributed by atoms with Gasteiger partial charge in [0, 0.05) is 11.4 Å². The lowest BCUT2D eigenvalue weighted by Crippen LogP contribution is -2.28. The van der Waals surface area contributed by atoms with Crippen molar-refractivity contribution in [3.63, 3.8) is 0 Å². The number of hydrogen-bond acceptors (Lipinski definition) is 3. The van der Waals surface area contributed by atoms with Crippen molar-refractivity contribution in [1.29, 1.82) is 0 Å². The van der Waals surface area contributed by atoms with Crippen LogP contribution in [0.1, 0.15) is 24.5 Å². The molecule has 0 radical (unpaired) electrons. The molecule has 0 heterocycles. The van der Waals surface area contributed by atoms with Crippen LogP contribution in [0, 0.1) is 0 Å². The first-order chi connectivity index (χ1) is 10.1. The van der Waals surface area contributed by atoms with Crippen molar-refractivity contribution in [1.82, 2.24) is 5.32 Å². The molecule has 0 fully saturated rings. The van der Waals surface area contributed by atoms with Crippen LogP contribution in [0.15, 0.2) is 35.2 Å². The van der Waals surface area contributed by atoms with Gasteiger partial charge in [-0.15, -0.1) is 11.8 Å². The zero-order valence-corrected chi connectivity index (χ0v) is 13.4. The lowest BCUT2D eigenvalue weighted by atomic mass is 10.1. The molecule has 1 aliphatic carbocycles. The first kappa shape index (κ1) is 16.1. The normalized spacial score (nSPS) is 13.0. The Balaban J connectivity index is 1.63. The average Bonchev–Trinajstić information content (AvgIpc) is 2.92. The van der Waals surface area contributed by atoms with Crippen LogP contribution in [0.3, 0.4) is 0 Å². The summed E-state index contributed by atoms with van der Waals surface area (Å²) in [5, 5.41) is 2.86. The fourth-order valence-corrected chi connectivity index (χ4v) is 3.14. The molecule has 21 heavy (non-hydrogen) atoms. The van der Waals surface area contributed by atoms with Crippen LogP contribution in [-0.2, 0) is 22.4 Å². The molecule has 0 unspecified atom stereocenters. The molecule has 1 aromatic rings. The fraction of sp³-hybridized carbons (Fsp3) is 0.471. The summed E-state index contributed by atoms with van der Waals surface area (Å²) < 4.78 is 5.34. The third kappa shape index (κ3) is 5.56. The van der Waals surface area contributed by atoms with Crippen molar-refractivity contribution in [2.45, 2.75) is 31.1 Å². The summed E-state index contributed by atoms with van der Waals surface area (Å²) in [5.41, 5.74) is 3.92. The summed E-state index contributed by atoms with van der Waals surface area (Å²) in [5.74, 6) is 0.513. The third-order valence-corrected chi connectivity index (χ3v) is 4.35. The third-order valence-electron chi connectivity index (χ3n) is 3.36. The van der Waals surface area contributed by atoms with Gasteiger partial charge in [0.05, 0.1) is 19.0 Å². The molecule has 0 spiro atoms. The predicted octanol–water partition coefficient (Wildman–Crippen LogP) is 2.98. The van der Waals surface area contributed by atoms with Crippen LogP contribution in [0.25, 0.3) is 0 Å². The van der Waals surface area contributed by atoms with Crippen molar-refractivity contribution in [3.05, 3.63) is 41.5 Å². The van der Waals surface area contributed by atoms with E-state index in [0.29, 0.717) is 25.5 Å². The Bertz CT molecular complexity index is 514. The number of benzene rings is 1. The van der Waals surface area contributed by atoms with Gasteiger partial charge in [-0.1, -0.05) is 18.2 Å². The zero-order valence-electron chi connectivity index (χ0n) is 12.6. The lowest BCUT2D eigenvalue weighted by molar-refractivity contribution is -0.118. The number of thioether (sulfide) groups is 1. The van der Waals surface area contributed by atoms with Crippen molar-refractivity contribution in [2.75, 3.05) is 25.5 Å². The molecular weight excluding hydrogens is 282 g/mol. The summed E-state index contributed by atoms with van der Waals surface area (Å²) in [6.45, 7) is 7.32. The highest BCUT2D eigenvalue weighted by Crippen LogP contribution is 2.27. The smallest absolute Gasteiger partial charge is 0.230 e. The molecule has 1 aliphatic rings. The highest BCUT2D eigenvalue weighted by molar-refractivity contribution is 8.00. The fourth-order valence-electron chi connectivity index (χ4n) is 2.35. The summed E-state index contributed by atoms with van der Waals surface area (Å²) in [7, 11) is 0. The van der Waals surface area contributed by atoms with Crippen LogP contribution < -0.4 is 5.32 Å². The molecule has 1 aromatic carbocycles. The number of carbonyl (C=O) groups is 1. The number of hydrogen-bond donors (Lipinski definition) is 1. The second kappa shape index (κ2) is 8.25. The van der Waals surface area contributed by atoms with E-state index in [1.165, 1.54) is 35.3 Å². The molecule has 114 valence electrons. The van der Waals surface area contributed by atoms with Gasteiger partial charge < -0.3 is 10.1 Å². The van der Waals surface area contributed by atoms with Gasteiger partial charge in [-0.2, -0.15) is 0 Å². The number of carbonyl (C=O) groups excluding carboxylic acids is 1. The van der Waals surface area contributed by atoms with E-state index in [1.807, 2.05) is 6.92 Å². The molecule has 0 bridgehead atoms. The van der Waals surface area contributed by atoms with Gasteiger partial charge >= 0.3 is 0 Å².